The van der Waals surface area contributed by atoms with Crippen LogP contribution in [0.3, 0.4) is 0 Å². The number of hydrogen-bond acceptors (Lipinski definition) is 4. The maximum Gasteiger partial charge on any atom is 0.242 e. The number of carbonyl (C=O) groups is 1. The number of para-hydroxylation sites is 2. The highest BCUT2D eigenvalue weighted by atomic mass is 16.6. The fourth-order valence-electron chi connectivity index (χ4n) is 4.27. The van der Waals surface area contributed by atoms with Gasteiger partial charge in [-0.3, -0.25) is 9.59 Å². The minimum atomic E-state index is -0.0126. The summed E-state index contributed by atoms with van der Waals surface area (Å²) in [5, 5.41) is 1.24. The highest BCUT2D eigenvalue weighted by Crippen LogP contribution is 2.31. The fraction of sp³-hybridized carbons (Fsp3) is 0.231. The molecule has 1 amide bonds. The van der Waals surface area contributed by atoms with E-state index in [1.807, 2.05) is 83.1 Å². The van der Waals surface area contributed by atoms with Crippen molar-refractivity contribution in [2.24, 2.45) is 0 Å². The van der Waals surface area contributed by atoms with Crippen molar-refractivity contribution < 1.29 is 14.3 Å². The molecule has 3 aromatic carbocycles. The molecule has 2 heterocycles. The third-order valence-electron chi connectivity index (χ3n) is 5.89. The molecular formula is C26H24N2O4. The molecule has 6 nitrogen and oxygen atoms in total. The lowest BCUT2D eigenvalue weighted by Crippen LogP contribution is -2.33. The van der Waals surface area contributed by atoms with Crippen molar-refractivity contribution in [1.29, 1.82) is 0 Å². The molecule has 0 bridgehead atoms. The van der Waals surface area contributed by atoms with Crippen molar-refractivity contribution >= 4 is 27.7 Å². The molecule has 1 aliphatic heterocycles. The van der Waals surface area contributed by atoms with Crippen LogP contribution >= 0.6 is 0 Å². The summed E-state index contributed by atoms with van der Waals surface area (Å²) in [5.74, 6) is 1.44. The minimum Gasteiger partial charge on any atom is -0.486 e. The summed E-state index contributed by atoms with van der Waals surface area (Å²) in [4.78, 5) is 28.1. The smallest absolute Gasteiger partial charge is 0.242 e. The lowest BCUT2D eigenvalue weighted by atomic mass is 10.1. The van der Waals surface area contributed by atoms with Crippen LogP contribution in [0.2, 0.25) is 0 Å². The molecule has 1 aliphatic rings. The van der Waals surface area contributed by atoms with E-state index in [0.29, 0.717) is 37.1 Å². The molecule has 6 heteroatoms. The SMILES string of the molecule is CCN(Cc1ccc2c(c1)OCCO2)C(=O)Cn1c2ccccc2c(=O)c2ccccc21. The van der Waals surface area contributed by atoms with Gasteiger partial charge in [0.1, 0.15) is 19.8 Å². The number of aromatic nitrogens is 1. The van der Waals surface area contributed by atoms with E-state index in [0.717, 1.165) is 28.1 Å². The van der Waals surface area contributed by atoms with Gasteiger partial charge in [-0.25, -0.2) is 0 Å². The van der Waals surface area contributed by atoms with Gasteiger partial charge in [0.2, 0.25) is 5.91 Å². The van der Waals surface area contributed by atoms with Crippen molar-refractivity contribution in [2.45, 2.75) is 20.0 Å². The Morgan fingerprint density at radius 3 is 2.19 bits per heavy atom. The quantitative estimate of drug-likeness (QED) is 0.451. The van der Waals surface area contributed by atoms with Gasteiger partial charge in [0.15, 0.2) is 16.9 Å². The summed E-state index contributed by atoms with van der Waals surface area (Å²) in [6.45, 7) is 4.25. The van der Waals surface area contributed by atoms with E-state index in [4.69, 9.17) is 9.47 Å². The Balaban J connectivity index is 1.48. The van der Waals surface area contributed by atoms with Gasteiger partial charge in [0, 0.05) is 23.9 Å². The van der Waals surface area contributed by atoms with Crippen molar-refractivity contribution in [3.05, 3.63) is 82.5 Å². The number of fused-ring (bicyclic) bond motifs is 3. The average Bonchev–Trinajstić information content (AvgIpc) is 2.85. The molecule has 0 N–H and O–H groups in total. The van der Waals surface area contributed by atoms with Gasteiger partial charge in [-0.2, -0.15) is 0 Å². The minimum absolute atomic E-state index is 0.0106. The number of carbonyl (C=O) groups excluding carboxylic acids is 1. The normalized spacial score (nSPS) is 12.8. The molecule has 0 aliphatic carbocycles. The number of amides is 1. The van der Waals surface area contributed by atoms with Crippen LogP contribution in [0.25, 0.3) is 21.8 Å². The Morgan fingerprint density at radius 2 is 1.53 bits per heavy atom. The Morgan fingerprint density at radius 1 is 0.906 bits per heavy atom. The summed E-state index contributed by atoms with van der Waals surface area (Å²) in [5.41, 5.74) is 2.50. The monoisotopic (exact) mass is 428 g/mol. The predicted molar refractivity (Wildman–Crippen MR) is 124 cm³/mol. The van der Waals surface area contributed by atoms with Crippen LogP contribution in [-0.4, -0.2) is 35.1 Å². The summed E-state index contributed by atoms with van der Waals surface area (Å²) in [7, 11) is 0. The fourth-order valence-corrected chi connectivity index (χ4v) is 4.27. The predicted octanol–water partition coefficient (Wildman–Crippen LogP) is 3.97. The van der Waals surface area contributed by atoms with E-state index in [1.165, 1.54) is 0 Å². The number of likely N-dealkylation sites (N-methyl/N-ethyl adjacent to an activating group) is 1. The maximum atomic E-state index is 13.4. The van der Waals surface area contributed by atoms with E-state index in [9.17, 15) is 9.59 Å². The Kier molecular flexibility index (Phi) is 5.27. The Bertz CT molecular complexity index is 1320. The van der Waals surface area contributed by atoms with Crippen LogP contribution in [0.5, 0.6) is 11.5 Å². The van der Waals surface area contributed by atoms with Crippen molar-refractivity contribution in [1.82, 2.24) is 9.47 Å². The van der Waals surface area contributed by atoms with Crippen molar-refractivity contribution in [3.63, 3.8) is 0 Å². The molecule has 5 rings (SSSR count). The third-order valence-corrected chi connectivity index (χ3v) is 5.89. The molecule has 4 aromatic rings. The molecule has 0 radical (unpaired) electrons. The first kappa shape index (κ1) is 20.1. The zero-order valence-corrected chi connectivity index (χ0v) is 17.9. The van der Waals surface area contributed by atoms with Gasteiger partial charge in [-0.1, -0.05) is 30.3 Å². The molecule has 0 spiro atoms. The number of ether oxygens (including phenoxy) is 2. The number of benzene rings is 3. The van der Waals surface area contributed by atoms with Crippen molar-refractivity contribution in [2.75, 3.05) is 19.8 Å². The second kappa shape index (κ2) is 8.38. The number of hydrogen-bond donors (Lipinski definition) is 0. The second-order valence-corrected chi connectivity index (χ2v) is 7.84. The van der Waals surface area contributed by atoms with Gasteiger partial charge in [-0.05, 0) is 48.9 Å². The van der Waals surface area contributed by atoms with Crippen molar-refractivity contribution in [3.8, 4) is 11.5 Å². The topological polar surface area (TPSA) is 60.8 Å². The highest BCUT2D eigenvalue weighted by Gasteiger charge is 2.18. The molecule has 162 valence electrons. The zero-order chi connectivity index (χ0) is 22.1. The maximum absolute atomic E-state index is 13.4. The number of nitrogens with zero attached hydrogens (tertiary/aromatic N) is 2. The van der Waals surface area contributed by atoms with Crippen LogP contribution in [0.4, 0.5) is 0 Å². The van der Waals surface area contributed by atoms with Crippen LogP contribution in [-0.2, 0) is 17.9 Å². The standard InChI is InChI=1S/C26H24N2O4/c1-2-27(16-18-11-12-23-24(15-18)32-14-13-31-23)25(29)17-28-21-9-5-3-7-19(21)26(30)20-8-4-6-10-22(20)28/h3-12,15H,2,13-14,16-17H2,1H3. The Hall–Kier alpha value is -3.80. The summed E-state index contributed by atoms with van der Waals surface area (Å²) in [6, 6.07) is 20.7. The first-order chi connectivity index (χ1) is 15.7. The summed E-state index contributed by atoms with van der Waals surface area (Å²) >= 11 is 0. The lowest BCUT2D eigenvalue weighted by molar-refractivity contribution is -0.132. The van der Waals surface area contributed by atoms with Crippen LogP contribution < -0.4 is 14.9 Å². The van der Waals surface area contributed by atoms with E-state index in [2.05, 4.69) is 0 Å². The van der Waals surface area contributed by atoms with Crippen LogP contribution in [0.15, 0.2) is 71.5 Å². The Labute approximate surface area is 185 Å². The summed E-state index contributed by atoms with van der Waals surface area (Å²) in [6.07, 6.45) is 0. The van der Waals surface area contributed by atoms with Gasteiger partial charge in [0.25, 0.3) is 0 Å². The largest absolute Gasteiger partial charge is 0.486 e. The van der Waals surface area contributed by atoms with Crippen LogP contribution in [0, 0.1) is 0 Å². The number of pyridine rings is 1. The van der Waals surface area contributed by atoms with Gasteiger partial charge < -0.3 is 18.9 Å². The molecule has 0 atom stereocenters. The molecule has 0 fully saturated rings. The molecule has 0 saturated carbocycles. The second-order valence-electron chi connectivity index (χ2n) is 7.84. The van der Waals surface area contributed by atoms with E-state index in [-0.39, 0.29) is 17.9 Å². The van der Waals surface area contributed by atoms with E-state index >= 15 is 0 Å². The highest BCUT2D eigenvalue weighted by molar-refractivity contribution is 5.94. The first-order valence-corrected chi connectivity index (χ1v) is 10.8. The van der Waals surface area contributed by atoms with Gasteiger partial charge in [0.05, 0.1) is 11.0 Å². The number of rotatable bonds is 5. The van der Waals surface area contributed by atoms with E-state index in [1.54, 1.807) is 0 Å². The zero-order valence-electron chi connectivity index (χ0n) is 17.9. The molecule has 32 heavy (non-hydrogen) atoms. The van der Waals surface area contributed by atoms with E-state index < -0.39 is 0 Å². The summed E-state index contributed by atoms with van der Waals surface area (Å²) < 4.78 is 13.2. The van der Waals surface area contributed by atoms with Gasteiger partial charge >= 0.3 is 0 Å². The lowest BCUT2D eigenvalue weighted by Gasteiger charge is -2.24. The molecule has 0 unspecified atom stereocenters. The van der Waals surface area contributed by atoms with Gasteiger partial charge in [-0.15, -0.1) is 0 Å². The molecule has 1 aromatic heterocycles. The third kappa shape index (κ3) is 3.58. The average molecular weight is 428 g/mol. The molecular weight excluding hydrogens is 404 g/mol. The van der Waals surface area contributed by atoms with Crippen LogP contribution in [0.1, 0.15) is 12.5 Å². The molecule has 0 saturated heterocycles. The first-order valence-electron chi connectivity index (χ1n) is 10.8.